The molecule has 1 atom stereocenters. The van der Waals surface area contributed by atoms with Gasteiger partial charge in [-0.05, 0) is 24.3 Å². The van der Waals surface area contributed by atoms with Gasteiger partial charge in [-0.15, -0.1) is 11.3 Å². The Morgan fingerprint density at radius 3 is 2.77 bits per heavy atom. The van der Waals surface area contributed by atoms with Gasteiger partial charge in [0.15, 0.2) is 5.79 Å². The van der Waals surface area contributed by atoms with Crippen molar-refractivity contribution in [1.29, 1.82) is 0 Å². The lowest BCUT2D eigenvalue weighted by Gasteiger charge is -2.21. The lowest BCUT2D eigenvalue weighted by atomic mass is 10.2. The first-order valence-corrected chi connectivity index (χ1v) is 8.45. The van der Waals surface area contributed by atoms with Gasteiger partial charge >= 0.3 is 11.8 Å². The summed E-state index contributed by atoms with van der Waals surface area (Å²) in [4.78, 5) is 24.5. The van der Waals surface area contributed by atoms with Crippen molar-refractivity contribution in [3.8, 4) is 0 Å². The van der Waals surface area contributed by atoms with Crippen LogP contribution in [-0.4, -0.2) is 36.9 Å². The SMILES string of the molecule is O=C(NCc1cccs1)C(=O)NCC1COC2(CCCC2)O1. The molecule has 3 rings (SSSR count). The number of hydrogen-bond acceptors (Lipinski definition) is 5. The molecule has 7 heteroatoms. The minimum atomic E-state index is -0.632. The van der Waals surface area contributed by atoms with Crippen molar-refractivity contribution in [3.63, 3.8) is 0 Å². The molecule has 1 aromatic heterocycles. The van der Waals surface area contributed by atoms with Crippen LogP contribution in [0.3, 0.4) is 0 Å². The van der Waals surface area contributed by atoms with Gasteiger partial charge < -0.3 is 20.1 Å². The van der Waals surface area contributed by atoms with Crippen molar-refractivity contribution in [3.05, 3.63) is 22.4 Å². The van der Waals surface area contributed by atoms with E-state index in [1.807, 2.05) is 17.5 Å². The Kier molecular flexibility index (Phi) is 4.75. The maximum absolute atomic E-state index is 11.8. The van der Waals surface area contributed by atoms with Crippen LogP contribution in [0.1, 0.15) is 30.6 Å². The standard InChI is InChI=1S/C15H20N2O4S/c18-13(14(19)17-9-12-4-3-7-22-12)16-8-11-10-20-15(21-11)5-1-2-6-15/h3-4,7,11H,1-2,5-6,8-10H2,(H,16,18)(H,17,19). The summed E-state index contributed by atoms with van der Waals surface area (Å²) in [5.74, 6) is -1.69. The average Bonchev–Trinajstić information content (AvgIpc) is 3.26. The van der Waals surface area contributed by atoms with E-state index in [2.05, 4.69) is 10.6 Å². The molecule has 120 valence electrons. The van der Waals surface area contributed by atoms with Gasteiger partial charge in [0.2, 0.25) is 0 Å². The number of rotatable bonds is 4. The van der Waals surface area contributed by atoms with Gasteiger partial charge in [0.05, 0.1) is 13.2 Å². The lowest BCUT2D eigenvalue weighted by molar-refractivity contribution is -0.161. The summed E-state index contributed by atoms with van der Waals surface area (Å²) in [7, 11) is 0. The molecule has 1 unspecified atom stereocenters. The van der Waals surface area contributed by atoms with Crippen LogP contribution < -0.4 is 10.6 Å². The molecule has 0 radical (unpaired) electrons. The van der Waals surface area contributed by atoms with Gasteiger partial charge in [0.25, 0.3) is 0 Å². The average molecular weight is 324 g/mol. The Labute approximate surface area is 133 Å². The number of amides is 2. The van der Waals surface area contributed by atoms with Crippen molar-refractivity contribution in [2.45, 2.75) is 44.1 Å². The van der Waals surface area contributed by atoms with E-state index in [-0.39, 0.29) is 6.10 Å². The van der Waals surface area contributed by atoms with E-state index < -0.39 is 17.6 Å². The summed E-state index contributed by atoms with van der Waals surface area (Å²) in [5.41, 5.74) is 0. The van der Waals surface area contributed by atoms with Gasteiger partial charge in [-0.2, -0.15) is 0 Å². The second-order valence-corrected chi connectivity index (χ2v) is 6.67. The molecule has 1 saturated heterocycles. The first-order valence-electron chi connectivity index (χ1n) is 7.57. The highest BCUT2D eigenvalue weighted by Crippen LogP contribution is 2.38. The zero-order chi connectivity index (χ0) is 15.4. The van der Waals surface area contributed by atoms with Crippen molar-refractivity contribution in [2.75, 3.05) is 13.2 Å². The molecule has 0 bridgehead atoms. The normalized spacial score (nSPS) is 22.8. The molecule has 1 aromatic rings. The molecule has 22 heavy (non-hydrogen) atoms. The largest absolute Gasteiger partial charge is 0.347 e. The predicted molar refractivity (Wildman–Crippen MR) is 81.2 cm³/mol. The third-order valence-electron chi connectivity index (χ3n) is 3.98. The molecular weight excluding hydrogens is 304 g/mol. The summed E-state index contributed by atoms with van der Waals surface area (Å²) >= 11 is 1.54. The second-order valence-electron chi connectivity index (χ2n) is 5.64. The van der Waals surface area contributed by atoms with Crippen LogP contribution in [0.2, 0.25) is 0 Å². The third kappa shape index (κ3) is 3.66. The van der Waals surface area contributed by atoms with Crippen molar-refractivity contribution in [1.82, 2.24) is 10.6 Å². The third-order valence-corrected chi connectivity index (χ3v) is 4.86. The molecule has 6 nitrogen and oxygen atoms in total. The Morgan fingerprint density at radius 2 is 2.05 bits per heavy atom. The van der Waals surface area contributed by atoms with Gasteiger partial charge in [-0.3, -0.25) is 9.59 Å². The minimum Gasteiger partial charge on any atom is -0.347 e. The summed E-state index contributed by atoms with van der Waals surface area (Å²) in [5, 5.41) is 7.13. The fourth-order valence-electron chi connectivity index (χ4n) is 2.84. The molecular formula is C15H20N2O4S. The maximum Gasteiger partial charge on any atom is 0.309 e. The molecule has 2 amide bonds. The van der Waals surface area contributed by atoms with E-state index in [0.29, 0.717) is 19.7 Å². The number of carbonyl (C=O) groups excluding carboxylic acids is 2. The van der Waals surface area contributed by atoms with E-state index in [0.717, 1.165) is 30.6 Å². The Bertz CT molecular complexity index is 526. The Morgan fingerprint density at radius 1 is 1.27 bits per heavy atom. The first-order chi connectivity index (χ1) is 10.7. The van der Waals surface area contributed by atoms with E-state index in [1.165, 1.54) is 11.3 Å². The molecule has 1 aliphatic carbocycles. The van der Waals surface area contributed by atoms with Crippen LogP contribution in [0.25, 0.3) is 0 Å². The number of hydrogen-bond donors (Lipinski definition) is 2. The molecule has 2 N–H and O–H groups in total. The summed E-state index contributed by atoms with van der Waals surface area (Å²) in [6.07, 6.45) is 3.89. The van der Waals surface area contributed by atoms with Gasteiger partial charge in [-0.1, -0.05) is 6.07 Å². The van der Waals surface area contributed by atoms with Crippen molar-refractivity contribution in [2.24, 2.45) is 0 Å². The molecule has 0 aromatic carbocycles. The maximum atomic E-state index is 11.8. The Hall–Kier alpha value is -1.44. The van der Waals surface area contributed by atoms with Crippen LogP contribution in [0.15, 0.2) is 17.5 Å². The van der Waals surface area contributed by atoms with Crippen molar-refractivity contribution >= 4 is 23.2 Å². The molecule has 2 fully saturated rings. The zero-order valence-corrected chi connectivity index (χ0v) is 13.1. The van der Waals surface area contributed by atoms with E-state index in [4.69, 9.17) is 9.47 Å². The van der Waals surface area contributed by atoms with Crippen molar-refractivity contribution < 1.29 is 19.1 Å². The Balaban J connectivity index is 1.38. The van der Waals surface area contributed by atoms with Crippen LogP contribution >= 0.6 is 11.3 Å². The fourth-order valence-corrected chi connectivity index (χ4v) is 3.49. The predicted octanol–water partition coefficient (Wildman–Crippen LogP) is 1.17. The van der Waals surface area contributed by atoms with E-state index in [1.54, 1.807) is 0 Å². The molecule has 1 spiro atoms. The zero-order valence-electron chi connectivity index (χ0n) is 12.3. The lowest BCUT2D eigenvalue weighted by Crippen LogP contribution is -2.43. The van der Waals surface area contributed by atoms with Gasteiger partial charge in [0.1, 0.15) is 6.10 Å². The van der Waals surface area contributed by atoms with E-state index >= 15 is 0 Å². The molecule has 1 saturated carbocycles. The molecule has 1 aliphatic heterocycles. The van der Waals surface area contributed by atoms with Gasteiger partial charge in [0, 0.05) is 24.3 Å². The number of carbonyl (C=O) groups is 2. The van der Waals surface area contributed by atoms with Crippen LogP contribution in [0.5, 0.6) is 0 Å². The highest BCUT2D eigenvalue weighted by atomic mass is 32.1. The van der Waals surface area contributed by atoms with Crippen LogP contribution in [-0.2, 0) is 25.6 Å². The minimum absolute atomic E-state index is 0.174. The quantitative estimate of drug-likeness (QED) is 0.815. The summed E-state index contributed by atoms with van der Waals surface area (Å²) in [6.45, 7) is 1.14. The number of ether oxygens (including phenoxy) is 2. The van der Waals surface area contributed by atoms with Crippen LogP contribution in [0, 0.1) is 0 Å². The number of thiophene rings is 1. The topological polar surface area (TPSA) is 76.7 Å². The second kappa shape index (κ2) is 6.76. The van der Waals surface area contributed by atoms with Gasteiger partial charge in [-0.25, -0.2) is 0 Å². The highest BCUT2D eigenvalue weighted by Gasteiger charge is 2.43. The molecule has 2 aliphatic rings. The highest BCUT2D eigenvalue weighted by molar-refractivity contribution is 7.09. The molecule has 2 heterocycles. The monoisotopic (exact) mass is 324 g/mol. The fraction of sp³-hybridized carbons (Fsp3) is 0.600. The van der Waals surface area contributed by atoms with Crippen LogP contribution in [0.4, 0.5) is 0 Å². The summed E-state index contributed by atoms with van der Waals surface area (Å²) < 4.78 is 11.6. The smallest absolute Gasteiger partial charge is 0.309 e. The summed E-state index contributed by atoms with van der Waals surface area (Å²) in [6, 6.07) is 3.82. The van der Waals surface area contributed by atoms with E-state index in [9.17, 15) is 9.59 Å². The first kappa shape index (κ1) is 15.5. The number of nitrogens with one attached hydrogen (secondary N) is 2.